The van der Waals surface area contributed by atoms with E-state index in [1.807, 2.05) is 6.07 Å². The van der Waals surface area contributed by atoms with Crippen molar-refractivity contribution in [2.75, 3.05) is 20.8 Å². The molecule has 0 fully saturated rings. The second-order valence-corrected chi connectivity index (χ2v) is 7.30. The number of carbonyl (C=O) groups excluding carboxylic acids is 1. The Morgan fingerprint density at radius 2 is 1.83 bits per heavy atom. The highest BCUT2D eigenvalue weighted by molar-refractivity contribution is 5.94. The predicted octanol–water partition coefficient (Wildman–Crippen LogP) is 4.61. The van der Waals surface area contributed by atoms with Crippen molar-refractivity contribution in [3.63, 3.8) is 0 Å². The summed E-state index contributed by atoms with van der Waals surface area (Å²) in [6, 6.07) is 13.5. The number of hydrogen-bond donors (Lipinski definition) is 1. The Labute approximate surface area is 178 Å². The standard InChI is InChI=1S/C24H31N3O3/c1-4-5-8-16-27-20-11-7-6-10-19(20)26-23(27)12-9-15-25-24(28)18-13-14-21(29-2)22(17-18)30-3/h6-7,10-11,13-14,17H,4-5,8-9,12,15-16H2,1-3H3,(H,25,28). The number of ether oxygens (including phenoxy) is 2. The molecular weight excluding hydrogens is 378 g/mol. The molecule has 1 N–H and O–H groups in total. The maximum Gasteiger partial charge on any atom is 0.251 e. The van der Waals surface area contributed by atoms with E-state index in [-0.39, 0.29) is 5.91 Å². The van der Waals surface area contributed by atoms with Gasteiger partial charge in [0, 0.05) is 25.1 Å². The number of hydrogen-bond acceptors (Lipinski definition) is 4. The first-order valence-electron chi connectivity index (χ1n) is 10.6. The molecule has 3 aromatic rings. The molecular formula is C24H31N3O3. The number of rotatable bonds is 11. The van der Waals surface area contributed by atoms with Gasteiger partial charge in [0.2, 0.25) is 0 Å². The average Bonchev–Trinajstić information content (AvgIpc) is 3.13. The van der Waals surface area contributed by atoms with Crippen molar-refractivity contribution in [1.82, 2.24) is 14.9 Å². The second-order valence-electron chi connectivity index (χ2n) is 7.30. The van der Waals surface area contributed by atoms with Crippen molar-refractivity contribution >= 4 is 16.9 Å². The molecule has 6 heteroatoms. The van der Waals surface area contributed by atoms with Crippen molar-refractivity contribution in [3.05, 3.63) is 53.9 Å². The minimum absolute atomic E-state index is 0.118. The Kier molecular flexibility index (Phi) is 7.71. The molecule has 0 aliphatic carbocycles. The number of unbranched alkanes of at least 4 members (excludes halogenated alkanes) is 2. The number of para-hydroxylation sites is 2. The number of imidazole rings is 1. The minimum Gasteiger partial charge on any atom is -0.493 e. The average molecular weight is 410 g/mol. The van der Waals surface area contributed by atoms with Crippen LogP contribution in [0.5, 0.6) is 11.5 Å². The number of carbonyl (C=O) groups is 1. The molecule has 3 rings (SSSR count). The summed E-state index contributed by atoms with van der Waals surface area (Å²) in [4.78, 5) is 17.3. The molecule has 0 unspecified atom stereocenters. The van der Waals surface area contributed by atoms with Crippen molar-refractivity contribution < 1.29 is 14.3 Å². The maximum atomic E-state index is 12.5. The topological polar surface area (TPSA) is 65.4 Å². The van der Waals surface area contributed by atoms with Gasteiger partial charge in [-0.1, -0.05) is 31.9 Å². The fraction of sp³-hybridized carbons (Fsp3) is 0.417. The van der Waals surface area contributed by atoms with E-state index >= 15 is 0 Å². The lowest BCUT2D eigenvalue weighted by Crippen LogP contribution is -2.25. The van der Waals surface area contributed by atoms with Crippen LogP contribution < -0.4 is 14.8 Å². The Bertz CT molecular complexity index is 981. The van der Waals surface area contributed by atoms with Crippen LogP contribution in [0, 0.1) is 0 Å². The number of methoxy groups -OCH3 is 2. The molecule has 0 radical (unpaired) electrons. The number of amides is 1. The molecule has 0 aliphatic rings. The second kappa shape index (κ2) is 10.7. The van der Waals surface area contributed by atoms with Crippen LogP contribution in [0.2, 0.25) is 0 Å². The van der Waals surface area contributed by atoms with Gasteiger partial charge in [0.05, 0.1) is 25.3 Å². The van der Waals surface area contributed by atoms with Crippen molar-refractivity contribution in [1.29, 1.82) is 0 Å². The van der Waals surface area contributed by atoms with Crippen LogP contribution in [-0.2, 0) is 13.0 Å². The van der Waals surface area contributed by atoms with Crippen LogP contribution in [0.1, 0.15) is 48.8 Å². The Hall–Kier alpha value is -3.02. The van der Waals surface area contributed by atoms with Crippen LogP contribution in [0.25, 0.3) is 11.0 Å². The van der Waals surface area contributed by atoms with Gasteiger partial charge in [0.25, 0.3) is 5.91 Å². The Morgan fingerprint density at radius 1 is 1.03 bits per heavy atom. The summed E-state index contributed by atoms with van der Waals surface area (Å²) in [6.07, 6.45) is 5.22. The summed E-state index contributed by atoms with van der Waals surface area (Å²) in [5.41, 5.74) is 2.79. The zero-order valence-electron chi connectivity index (χ0n) is 18.1. The number of nitrogens with one attached hydrogen (secondary N) is 1. The highest BCUT2D eigenvalue weighted by Gasteiger charge is 2.12. The third kappa shape index (κ3) is 5.12. The molecule has 0 saturated heterocycles. The molecule has 6 nitrogen and oxygen atoms in total. The summed E-state index contributed by atoms with van der Waals surface area (Å²) in [5.74, 6) is 2.13. The minimum atomic E-state index is -0.118. The van der Waals surface area contributed by atoms with Gasteiger partial charge in [-0.2, -0.15) is 0 Å². The van der Waals surface area contributed by atoms with Gasteiger partial charge in [-0.25, -0.2) is 4.98 Å². The van der Waals surface area contributed by atoms with E-state index in [0.717, 1.165) is 37.1 Å². The van der Waals surface area contributed by atoms with Crippen molar-refractivity contribution in [3.8, 4) is 11.5 Å². The number of benzene rings is 2. The summed E-state index contributed by atoms with van der Waals surface area (Å²) < 4.78 is 12.8. The van der Waals surface area contributed by atoms with E-state index in [0.29, 0.717) is 23.6 Å². The van der Waals surface area contributed by atoms with Gasteiger partial charge in [-0.05, 0) is 43.2 Å². The summed E-state index contributed by atoms with van der Waals surface area (Å²) >= 11 is 0. The monoisotopic (exact) mass is 409 g/mol. The molecule has 1 aromatic heterocycles. The Morgan fingerprint density at radius 3 is 2.60 bits per heavy atom. The fourth-order valence-electron chi connectivity index (χ4n) is 3.61. The Balaban J connectivity index is 1.59. The van der Waals surface area contributed by atoms with E-state index in [2.05, 4.69) is 35.0 Å². The lowest BCUT2D eigenvalue weighted by Gasteiger charge is -2.11. The first kappa shape index (κ1) is 21.7. The normalized spacial score (nSPS) is 10.9. The van der Waals surface area contributed by atoms with Gasteiger partial charge < -0.3 is 19.4 Å². The summed E-state index contributed by atoms with van der Waals surface area (Å²) in [6.45, 7) is 3.79. The van der Waals surface area contributed by atoms with Gasteiger partial charge >= 0.3 is 0 Å². The van der Waals surface area contributed by atoms with E-state index < -0.39 is 0 Å². The number of fused-ring (bicyclic) bond motifs is 1. The lowest BCUT2D eigenvalue weighted by molar-refractivity contribution is 0.0952. The predicted molar refractivity (Wildman–Crippen MR) is 119 cm³/mol. The third-order valence-corrected chi connectivity index (χ3v) is 5.23. The molecule has 30 heavy (non-hydrogen) atoms. The third-order valence-electron chi connectivity index (χ3n) is 5.23. The molecule has 1 amide bonds. The van der Waals surface area contributed by atoms with E-state index in [1.165, 1.54) is 18.4 Å². The van der Waals surface area contributed by atoms with E-state index in [4.69, 9.17) is 14.5 Å². The van der Waals surface area contributed by atoms with Gasteiger partial charge in [0.15, 0.2) is 11.5 Å². The molecule has 0 saturated carbocycles. The number of aromatic nitrogens is 2. The molecule has 0 spiro atoms. The molecule has 160 valence electrons. The van der Waals surface area contributed by atoms with Gasteiger partial charge in [-0.15, -0.1) is 0 Å². The summed E-state index contributed by atoms with van der Waals surface area (Å²) in [7, 11) is 3.14. The zero-order chi connectivity index (χ0) is 21.3. The first-order valence-corrected chi connectivity index (χ1v) is 10.6. The highest BCUT2D eigenvalue weighted by Crippen LogP contribution is 2.27. The van der Waals surface area contributed by atoms with Crippen LogP contribution in [0.15, 0.2) is 42.5 Å². The van der Waals surface area contributed by atoms with E-state index in [1.54, 1.807) is 32.4 Å². The largest absolute Gasteiger partial charge is 0.493 e. The summed E-state index contributed by atoms with van der Waals surface area (Å²) in [5, 5.41) is 2.99. The maximum absolute atomic E-state index is 12.5. The van der Waals surface area contributed by atoms with Crippen LogP contribution in [0.3, 0.4) is 0 Å². The van der Waals surface area contributed by atoms with Crippen LogP contribution in [-0.4, -0.2) is 36.2 Å². The van der Waals surface area contributed by atoms with E-state index in [9.17, 15) is 4.79 Å². The lowest BCUT2D eigenvalue weighted by atomic mass is 10.2. The van der Waals surface area contributed by atoms with Crippen molar-refractivity contribution in [2.45, 2.75) is 45.6 Å². The molecule has 0 atom stereocenters. The van der Waals surface area contributed by atoms with Gasteiger partial charge in [0.1, 0.15) is 5.82 Å². The highest BCUT2D eigenvalue weighted by atomic mass is 16.5. The quantitative estimate of drug-likeness (QED) is 0.470. The smallest absolute Gasteiger partial charge is 0.251 e. The number of nitrogens with zero attached hydrogens (tertiary/aromatic N) is 2. The molecule has 0 aliphatic heterocycles. The van der Waals surface area contributed by atoms with Gasteiger partial charge in [-0.3, -0.25) is 4.79 Å². The van der Waals surface area contributed by atoms with Crippen molar-refractivity contribution in [2.24, 2.45) is 0 Å². The van der Waals surface area contributed by atoms with Crippen LogP contribution in [0.4, 0.5) is 0 Å². The zero-order valence-corrected chi connectivity index (χ0v) is 18.1. The molecule has 2 aromatic carbocycles. The SMILES string of the molecule is CCCCCn1c(CCCNC(=O)c2ccc(OC)c(OC)c2)nc2ccccc21. The number of aryl methyl sites for hydroxylation is 2. The molecule has 1 heterocycles. The first-order chi connectivity index (χ1) is 14.7. The molecule has 0 bridgehead atoms. The fourth-order valence-corrected chi connectivity index (χ4v) is 3.61. The van der Waals surface area contributed by atoms with Crippen LogP contribution >= 0.6 is 0 Å².